The number of hydrogen-bond donors (Lipinski definition) is 0. The minimum absolute atomic E-state index is 0.125. The number of allylic oxidation sites excluding steroid dienone is 5. The molecule has 0 aromatic heterocycles. The predicted molar refractivity (Wildman–Crippen MR) is 206 cm³/mol. The van der Waals surface area contributed by atoms with E-state index in [1.807, 2.05) is 0 Å². The van der Waals surface area contributed by atoms with Crippen LogP contribution in [0.4, 0.5) is 0 Å². The van der Waals surface area contributed by atoms with Crippen molar-refractivity contribution >= 4 is 18.5 Å². The molecule has 0 heterocycles. The van der Waals surface area contributed by atoms with Crippen LogP contribution in [0.2, 0.25) is 0 Å². The smallest absolute Gasteiger partial charge is 0.150 e. The van der Waals surface area contributed by atoms with Crippen LogP contribution in [0.5, 0.6) is 0 Å². The van der Waals surface area contributed by atoms with Crippen LogP contribution in [0, 0.1) is 0 Å². The second-order valence-corrected chi connectivity index (χ2v) is 17.6. The van der Waals surface area contributed by atoms with Crippen molar-refractivity contribution in [3.05, 3.63) is 141 Å². The average Bonchev–Trinajstić information content (AvgIpc) is 3.45. The van der Waals surface area contributed by atoms with Gasteiger partial charge in [-0.2, -0.15) is 0 Å². The van der Waals surface area contributed by atoms with Crippen LogP contribution in [-0.2, 0) is 30.2 Å². The topological polar surface area (TPSA) is 17.1 Å². The summed E-state index contributed by atoms with van der Waals surface area (Å²) in [6.07, 6.45) is 23.8. The van der Waals surface area contributed by atoms with E-state index >= 15 is 4.57 Å². The molecule has 4 aromatic rings. The second kappa shape index (κ2) is 13.0. The summed E-state index contributed by atoms with van der Waals surface area (Å²) in [6, 6.07) is 24.8. The van der Waals surface area contributed by atoms with E-state index in [4.69, 9.17) is 0 Å². The van der Waals surface area contributed by atoms with Crippen LogP contribution in [0.15, 0.2) is 96.3 Å². The summed E-state index contributed by atoms with van der Waals surface area (Å²) in [6.45, 7) is 7.05. The lowest BCUT2D eigenvalue weighted by Gasteiger charge is -2.33. The number of fused-ring (bicyclic) bond motifs is 5. The third-order valence-electron chi connectivity index (χ3n) is 11.8. The van der Waals surface area contributed by atoms with Gasteiger partial charge >= 0.3 is 0 Å². The van der Waals surface area contributed by atoms with Crippen molar-refractivity contribution in [3.8, 4) is 22.3 Å². The highest BCUT2D eigenvalue weighted by Gasteiger charge is 2.42. The molecule has 3 atom stereocenters. The van der Waals surface area contributed by atoms with Gasteiger partial charge < -0.3 is 4.57 Å². The molecule has 4 aliphatic carbocycles. The van der Waals surface area contributed by atoms with Crippen molar-refractivity contribution in [2.75, 3.05) is 0 Å². The van der Waals surface area contributed by atoms with Crippen molar-refractivity contribution < 1.29 is 4.57 Å². The SMILES string of the molecule is CCCCc1c2c(c(-c3ccccc3)c3c1C(C)c1c-3cccc1C(C)P(=O)(C1=CCCC=C1)c1cccc3c1CCCC3)CCC=C2. The van der Waals surface area contributed by atoms with Crippen LogP contribution in [0.25, 0.3) is 28.3 Å². The summed E-state index contributed by atoms with van der Waals surface area (Å²) in [5.41, 5.74) is 17.0. The van der Waals surface area contributed by atoms with Gasteiger partial charge in [-0.15, -0.1) is 0 Å². The number of unbranched alkanes of at least 4 members (excludes halogenated alkanes) is 1. The quantitative estimate of drug-likeness (QED) is 0.174. The van der Waals surface area contributed by atoms with Crippen LogP contribution >= 0.6 is 7.14 Å². The Bertz CT molecular complexity index is 2020. The molecule has 0 fully saturated rings. The maximum Gasteiger partial charge on any atom is 0.150 e. The molecule has 244 valence electrons. The van der Waals surface area contributed by atoms with E-state index in [2.05, 4.69) is 118 Å². The Morgan fingerprint density at radius 2 is 1.60 bits per heavy atom. The fraction of sp³-hybridized carbons (Fsp3) is 0.348. The molecule has 0 radical (unpaired) electrons. The van der Waals surface area contributed by atoms with E-state index in [9.17, 15) is 0 Å². The Morgan fingerprint density at radius 3 is 2.42 bits per heavy atom. The first-order valence-corrected chi connectivity index (χ1v) is 20.5. The van der Waals surface area contributed by atoms with Crippen molar-refractivity contribution in [1.82, 2.24) is 0 Å². The largest absolute Gasteiger partial charge is 0.313 e. The van der Waals surface area contributed by atoms with Crippen LogP contribution < -0.4 is 5.30 Å². The van der Waals surface area contributed by atoms with E-state index in [1.165, 1.54) is 86.9 Å². The summed E-state index contributed by atoms with van der Waals surface area (Å²) in [7, 11) is -3.03. The zero-order valence-corrected chi connectivity index (χ0v) is 29.9. The Morgan fingerprint density at radius 1 is 0.792 bits per heavy atom. The highest BCUT2D eigenvalue weighted by molar-refractivity contribution is 7.76. The Kier molecular flexibility index (Phi) is 8.54. The van der Waals surface area contributed by atoms with Gasteiger partial charge in [-0.3, -0.25) is 0 Å². The summed E-state index contributed by atoms with van der Waals surface area (Å²) in [5.74, 6) is 0.234. The molecule has 0 spiro atoms. The third-order valence-corrected chi connectivity index (χ3v) is 15.4. The van der Waals surface area contributed by atoms with E-state index < -0.39 is 7.14 Å². The van der Waals surface area contributed by atoms with Gasteiger partial charge in [-0.1, -0.05) is 124 Å². The first-order valence-electron chi connectivity index (χ1n) is 18.7. The number of aryl methyl sites for hydroxylation is 1. The number of benzene rings is 4. The van der Waals surface area contributed by atoms with Crippen LogP contribution in [0.1, 0.15) is 122 Å². The van der Waals surface area contributed by atoms with E-state index in [0.29, 0.717) is 0 Å². The van der Waals surface area contributed by atoms with E-state index in [0.717, 1.165) is 55.6 Å². The lowest BCUT2D eigenvalue weighted by atomic mass is 9.78. The second-order valence-electron chi connectivity index (χ2n) is 14.5. The van der Waals surface area contributed by atoms with Gasteiger partial charge in [-0.25, -0.2) is 0 Å². The monoisotopic (exact) mass is 648 g/mol. The molecule has 4 aliphatic rings. The van der Waals surface area contributed by atoms with Gasteiger partial charge in [0.15, 0.2) is 0 Å². The van der Waals surface area contributed by atoms with Gasteiger partial charge in [0.1, 0.15) is 7.14 Å². The fourth-order valence-electron chi connectivity index (χ4n) is 9.57. The van der Waals surface area contributed by atoms with Crippen LogP contribution in [-0.4, -0.2) is 0 Å². The Balaban J connectivity index is 1.38. The molecule has 8 rings (SSSR count). The number of hydrogen-bond acceptors (Lipinski definition) is 1. The maximum absolute atomic E-state index is 16.3. The van der Waals surface area contributed by atoms with Crippen molar-refractivity contribution in [2.24, 2.45) is 0 Å². The van der Waals surface area contributed by atoms with Crippen LogP contribution in [0.3, 0.4) is 0 Å². The molecule has 4 aromatic carbocycles. The molecule has 0 saturated carbocycles. The minimum Gasteiger partial charge on any atom is -0.313 e. The maximum atomic E-state index is 16.3. The van der Waals surface area contributed by atoms with E-state index in [1.54, 1.807) is 5.56 Å². The molecule has 3 unspecified atom stereocenters. The standard InChI is InChI=1S/C46H49OP/c1-4-5-24-39-38-26-14-15-27-40(38)45(34-19-8-6-9-20-34)46-41-29-17-28-36(43(41)31(2)44(39)46)32(3)48(47,35-22-10-7-11-23-35)42-30-16-21-33-18-12-13-25-37(33)42/h6,8-10,14,16-17,19-23,26,28-32H,4-5,7,11-13,15,18,24-25,27H2,1-3H3. The molecule has 48 heavy (non-hydrogen) atoms. The molecule has 0 amide bonds. The Hall–Kier alpha value is -3.67. The lowest BCUT2D eigenvalue weighted by molar-refractivity contribution is 0.578. The molecular weight excluding hydrogens is 599 g/mol. The van der Waals surface area contributed by atoms with Gasteiger partial charge in [0.2, 0.25) is 0 Å². The molecule has 0 N–H and O–H groups in total. The minimum atomic E-state index is -3.03. The van der Waals surface area contributed by atoms with Crippen molar-refractivity contribution in [3.63, 3.8) is 0 Å². The number of rotatable bonds is 8. The third kappa shape index (κ3) is 4.99. The zero-order valence-electron chi connectivity index (χ0n) is 29.0. The molecule has 2 heteroatoms. The first-order chi connectivity index (χ1) is 23.5. The molecule has 0 bridgehead atoms. The molecular formula is C46H49OP. The fourth-order valence-corrected chi connectivity index (χ4v) is 13.0. The van der Waals surface area contributed by atoms with Crippen molar-refractivity contribution in [2.45, 2.75) is 103 Å². The summed E-state index contributed by atoms with van der Waals surface area (Å²) in [4.78, 5) is 0. The summed E-state index contributed by atoms with van der Waals surface area (Å²) < 4.78 is 16.3. The summed E-state index contributed by atoms with van der Waals surface area (Å²) >= 11 is 0. The average molecular weight is 649 g/mol. The zero-order chi connectivity index (χ0) is 32.8. The normalized spacial score (nSPS) is 19.5. The van der Waals surface area contributed by atoms with E-state index in [-0.39, 0.29) is 11.6 Å². The molecule has 1 nitrogen and oxygen atoms in total. The van der Waals surface area contributed by atoms with Gasteiger partial charge in [0, 0.05) is 22.2 Å². The lowest BCUT2D eigenvalue weighted by Crippen LogP contribution is -2.21. The summed E-state index contributed by atoms with van der Waals surface area (Å²) in [5, 5.41) is 2.19. The molecule has 0 saturated heterocycles. The first kappa shape index (κ1) is 31.6. The highest BCUT2D eigenvalue weighted by Crippen LogP contribution is 2.68. The Labute approximate surface area is 288 Å². The predicted octanol–water partition coefficient (Wildman–Crippen LogP) is 12.7. The van der Waals surface area contributed by atoms with Gasteiger partial charge in [-0.05, 0) is 131 Å². The van der Waals surface area contributed by atoms with Gasteiger partial charge in [0.25, 0.3) is 0 Å². The van der Waals surface area contributed by atoms with Crippen molar-refractivity contribution in [1.29, 1.82) is 0 Å². The van der Waals surface area contributed by atoms with Gasteiger partial charge in [0.05, 0.1) is 0 Å². The highest BCUT2D eigenvalue weighted by atomic mass is 31.2. The molecule has 0 aliphatic heterocycles.